The lowest BCUT2D eigenvalue weighted by Gasteiger charge is -2.50. The first-order chi connectivity index (χ1) is 37.4. The third-order valence-corrected chi connectivity index (χ3v) is 17.4. The largest absolute Gasteiger partial charge is 0.310 e. The zero-order valence-electron chi connectivity index (χ0n) is 44.6. The molecule has 2 heteroatoms. The molecule has 2 aliphatic heterocycles. The van der Waals surface area contributed by atoms with E-state index in [0.717, 1.165) is 17.1 Å². The summed E-state index contributed by atoms with van der Waals surface area (Å²) in [5.74, 6) is 0. The molecule has 0 saturated heterocycles. The first-order valence-electron chi connectivity index (χ1n) is 27.2. The maximum absolute atomic E-state index is 2.60. The molecule has 0 N–H and O–H groups in total. The van der Waals surface area contributed by atoms with Gasteiger partial charge in [-0.2, -0.15) is 0 Å². The van der Waals surface area contributed by atoms with E-state index in [4.69, 9.17) is 0 Å². The number of benzene rings is 11. The van der Waals surface area contributed by atoms with Crippen molar-refractivity contribution in [2.75, 3.05) is 9.80 Å². The van der Waals surface area contributed by atoms with E-state index in [1.54, 1.807) is 0 Å². The first kappa shape index (κ1) is 46.5. The molecular weight excluding hydrogens is 929 g/mol. The summed E-state index contributed by atoms with van der Waals surface area (Å²) in [6, 6.07) is 94.9. The van der Waals surface area contributed by atoms with Crippen LogP contribution in [-0.2, 0) is 16.2 Å². The Bertz CT molecular complexity index is 3870. The zero-order valence-corrected chi connectivity index (χ0v) is 44.6. The molecular formula is C75H60N2. The first-order valence-corrected chi connectivity index (χ1v) is 27.2. The Morgan fingerprint density at radius 1 is 0.247 bits per heavy atom. The van der Waals surface area contributed by atoms with Gasteiger partial charge in [0, 0.05) is 33.3 Å². The molecule has 0 atom stereocenters. The monoisotopic (exact) mass is 988 g/mol. The van der Waals surface area contributed by atoms with Gasteiger partial charge in [-0.05, 0) is 179 Å². The molecule has 0 bridgehead atoms. The molecule has 0 spiro atoms. The Hall–Kier alpha value is -8.98. The van der Waals surface area contributed by atoms with Crippen LogP contribution in [0, 0.1) is 0 Å². The van der Waals surface area contributed by atoms with Crippen LogP contribution in [0.3, 0.4) is 0 Å². The molecule has 370 valence electrons. The second-order valence-corrected chi connectivity index (χ2v) is 23.0. The van der Waals surface area contributed by atoms with E-state index < -0.39 is 0 Å². The molecule has 0 unspecified atom stereocenters. The Labute approximate surface area is 454 Å². The topological polar surface area (TPSA) is 6.48 Å². The van der Waals surface area contributed by atoms with Gasteiger partial charge in [-0.25, -0.2) is 0 Å². The Kier molecular flexibility index (Phi) is 10.6. The highest BCUT2D eigenvalue weighted by molar-refractivity contribution is 5.96. The molecule has 0 radical (unpaired) electrons. The van der Waals surface area contributed by atoms with Crippen molar-refractivity contribution in [3.8, 4) is 66.8 Å². The van der Waals surface area contributed by atoms with E-state index >= 15 is 0 Å². The van der Waals surface area contributed by atoms with Gasteiger partial charge in [-0.1, -0.05) is 217 Å². The molecule has 2 heterocycles. The van der Waals surface area contributed by atoms with Gasteiger partial charge in [0.25, 0.3) is 0 Å². The van der Waals surface area contributed by atoms with Crippen molar-refractivity contribution in [2.24, 2.45) is 0 Å². The van der Waals surface area contributed by atoms with E-state index in [2.05, 4.69) is 306 Å². The molecule has 11 aromatic rings. The Balaban J connectivity index is 0.888. The van der Waals surface area contributed by atoms with Crippen LogP contribution in [0.25, 0.3) is 66.8 Å². The summed E-state index contributed by atoms with van der Waals surface area (Å²) in [4.78, 5) is 5.01. The molecule has 0 aromatic heterocycles. The molecule has 3 aliphatic rings. The Morgan fingerprint density at radius 3 is 0.987 bits per heavy atom. The summed E-state index contributed by atoms with van der Waals surface area (Å²) in [7, 11) is 0. The highest BCUT2D eigenvalue weighted by Crippen LogP contribution is 2.62. The van der Waals surface area contributed by atoms with Gasteiger partial charge in [-0.3, -0.25) is 0 Å². The smallest absolute Gasteiger partial charge is 0.0544 e. The number of hydrogen-bond donors (Lipinski definition) is 0. The van der Waals surface area contributed by atoms with Crippen molar-refractivity contribution >= 4 is 34.1 Å². The molecule has 0 saturated carbocycles. The fourth-order valence-corrected chi connectivity index (χ4v) is 13.1. The van der Waals surface area contributed by atoms with E-state index in [0.29, 0.717) is 0 Å². The van der Waals surface area contributed by atoms with Gasteiger partial charge < -0.3 is 9.80 Å². The summed E-state index contributed by atoms with van der Waals surface area (Å²) in [5.41, 5.74) is 29.3. The lowest BCUT2D eigenvalue weighted by molar-refractivity contribution is 0.598. The highest BCUT2D eigenvalue weighted by atomic mass is 15.2. The van der Waals surface area contributed by atoms with Crippen LogP contribution in [0.4, 0.5) is 34.1 Å². The average molecular weight is 989 g/mol. The minimum Gasteiger partial charge on any atom is -0.310 e. The zero-order chi connectivity index (χ0) is 52.2. The summed E-state index contributed by atoms with van der Waals surface area (Å²) >= 11 is 0. The van der Waals surface area contributed by atoms with Crippen molar-refractivity contribution < 1.29 is 0 Å². The predicted molar refractivity (Wildman–Crippen MR) is 325 cm³/mol. The van der Waals surface area contributed by atoms with Crippen molar-refractivity contribution in [3.63, 3.8) is 0 Å². The summed E-state index contributed by atoms with van der Waals surface area (Å²) in [6.07, 6.45) is 0. The molecule has 2 nitrogen and oxygen atoms in total. The van der Waals surface area contributed by atoms with Crippen LogP contribution in [0.5, 0.6) is 0 Å². The van der Waals surface area contributed by atoms with Crippen LogP contribution in [0.1, 0.15) is 74.9 Å². The number of nitrogens with zero attached hydrogens (tertiary/aromatic N) is 2. The molecule has 14 rings (SSSR count). The minimum absolute atomic E-state index is 0.270. The van der Waals surface area contributed by atoms with Gasteiger partial charge >= 0.3 is 0 Å². The summed E-state index contributed by atoms with van der Waals surface area (Å²) in [5, 5.41) is 0. The normalized spacial score (nSPS) is 14.6. The molecule has 77 heavy (non-hydrogen) atoms. The molecule has 0 fully saturated rings. The fourth-order valence-electron chi connectivity index (χ4n) is 13.1. The second kappa shape index (κ2) is 17.5. The van der Waals surface area contributed by atoms with Crippen molar-refractivity contribution in [3.05, 3.63) is 288 Å². The van der Waals surface area contributed by atoms with Crippen molar-refractivity contribution in [2.45, 2.75) is 57.8 Å². The van der Waals surface area contributed by atoms with E-state index in [-0.39, 0.29) is 16.2 Å². The summed E-state index contributed by atoms with van der Waals surface area (Å²) < 4.78 is 0. The maximum Gasteiger partial charge on any atom is 0.0544 e. The van der Waals surface area contributed by atoms with Gasteiger partial charge in [0.15, 0.2) is 0 Å². The van der Waals surface area contributed by atoms with Gasteiger partial charge in [0.1, 0.15) is 0 Å². The third kappa shape index (κ3) is 7.45. The average Bonchev–Trinajstić information content (AvgIpc) is 3.88. The van der Waals surface area contributed by atoms with Gasteiger partial charge in [0.2, 0.25) is 0 Å². The standard InChI is InChI=1S/C75H60N2/c1-73(2)64-43-57(31-39-62(64)63-40-38-61(48-65(63)73)76(59-34-27-53(28-35-59)49-19-11-7-12-20-49)60-36-29-54(30-37-60)50-21-13-8-14-22-50)58-46-68-72-69(47-58)75(5,6)67-45-56(52-25-17-10-18-26-52)33-42-71(67)77(72)70-41-32-55(44-66(70)74(68,3)4)51-23-15-9-16-24-51/h7-48H,1-6H3. The van der Waals surface area contributed by atoms with Crippen LogP contribution in [0.15, 0.2) is 255 Å². The van der Waals surface area contributed by atoms with Gasteiger partial charge in [0.05, 0.1) is 17.1 Å². The van der Waals surface area contributed by atoms with E-state index in [1.165, 1.54) is 117 Å². The third-order valence-electron chi connectivity index (χ3n) is 17.4. The minimum atomic E-state index is -0.299. The summed E-state index contributed by atoms with van der Waals surface area (Å²) in [6.45, 7) is 14.6. The molecule has 11 aromatic carbocycles. The second-order valence-electron chi connectivity index (χ2n) is 23.0. The lowest BCUT2D eigenvalue weighted by atomic mass is 9.65. The van der Waals surface area contributed by atoms with Crippen LogP contribution in [0.2, 0.25) is 0 Å². The number of rotatable bonds is 8. The fraction of sp³-hybridized carbons (Fsp3) is 0.120. The Morgan fingerprint density at radius 2 is 0.545 bits per heavy atom. The van der Waals surface area contributed by atoms with Crippen molar-refractivity contribution in [1.82, 2.24) is 0 Å². The number of hydrogen-bond acceptors (Lipinski definition) is 2. The predicted octanol–water partition coefficient (Wildman–Crippen LogP) is 20.5. The molecule has 1 aliphatic carbocycles. The van der Waals surface area contributed by atoms with Crippen molar-refractivity contribution in [1.29, 1.82) is 0 Å². The quantitative estimate of drug-likeness (QED) is 0.150. The maximum atomic E-state index is 2.60. The number of anilines is 6. The van der Waals surface area contributed by atoms with E-state index in [1.807, 2.05) is 0 Å². The lowest BCUT2D eigenvalue weighted by Crippen LogP contribution is -2.38. The SMILES string of the molecule is CC1(C)c2cc(-c3cc4c5c(c3)C(C)(C)c3cc(-c6ccccc6)ccc3N5c3ccc(-c5ccccc5)cc3C4(C)C)ccc2-c2ccc(N(c3ccc(-c4ccccc4)cc3)c3ccc(-c4ccccc4)cc3)cc21. The molecule has 0 amide bonds. The van der Waals surface area contributed by atoms with Crippen LogP contribution in [-0.4, -0.2) is 0 Å². The van der Waals surface area contributed by atoms with Gasteiger partial charge in [-0.15, -0.1) is 0 Å². The van der Waals surface area contributed by atoms with E-state index in [9.17, 15) is 0 Å². The number of fused-ring (bicyclic) bond motifs is 7. The van der Waals surface area contributed by atoms with Crippen LogP contribution >= 0.6 is 0 Å². The highest BCUT2D eigenvalue weighted by Gasteiger charge is 2.46. The van der Waals surface area contributed by atoms with Crippen LogP contribution < -0.4 is 9.80 Å².